The first-order chi connectivity index (χ1) is 12.1. The molecule has 25 heavy (non-hydrogen) atoms. The van der Waals surface area contributed by atoms with Crippen LogP contribution in [0, 0.1) is 0 Å². The van der Waals surface area contributed by atoms with Gasteiger partial charge in [-0.3, -0.25) is 4.90 Å². The zero-order valence-electron chi connectivity index (χ0n) is 16.6. The molecule has 4 nitrogen and oxygen atoms in total. The van der Waals surface area contributed by atoms with Crippen molar-refractivity contribution in [2.75, 3.05) is 39.8 Å². The fourth-order valence-corrected chi connectivity index (χ4v) is 3.16. The van der Waals surface area contributed by atoms with Gasteiger partial charge in [0.2, 0.25) is 0 Å². The fourth-order valence-electron chi connectivity index (χ4n) is 3.16. The monoisotopic (exact) mass is 348 g/mol. The molecule has 2 rings (SSSR count). The van der Waals surface area contributed by atoms with Crippen molar-refractivity contribution in [2.24, 2.45) is 0 Å². The molecule has 1 fully saturated rings. The summed E-state index contributed by atoms with van der Waals surface area (Å²) >= 11 is 0. The van der Waals surface area contributed by atoms with Gasteiger partial charge in [-0.05, 0) is 38.0 Å². The molecule has 0 atom stereocenters. The smallest absolute Gasteiger partial charge is 0.335 e. The number of hydrogen-bond donors (Lipinski definition) is 1. The van der Waals surface area contributed by atoms with Crippen molar-refractivity contribution in [3.63, 3.8) is 0 Å². The molecule has 4 heteroatoms. The van der Waals surface area contributed by atoms with Crippen molar-refractivity contribution in [3.05, 3.63) is 34.9 Å². The Bertz CT molecular complexity index is 498. The van der Waals surface area contributed by atoms with E-state index in [1.165, 1.54) is 30.4 Å². The Hall–Kier alpha value is -1.39. The molecule has 1 saturated heterocycles. The highest BCUT2D eigenvalue weighted by Gasteiger charge is 2.17. The van der Waals surface area contributed by atoms with Crippen LogP contribution < -0.4 is 0 Å². The Morgan fingerprint density at radius 1 is 1.12 bits per heavy atom. The molecule has 1 N–H and O–H groups in total. The summed E-state index contributed by atoms with van der Waals surface area (Å²) in [4.78, 5) is 16.1. The molecule has 1 aliphatic heterocycles. The van der Waals surface area contributed by atoms with Crippen LogP contribution in [0.2, 0.25) is 0 Å². The molecule has 0 saturated carbocycles. The topological polar surface area (TPSA) is 43.8 Å². The number of rotatable bonds is 7. The zero-order valence-corrected chi connectivity index (χ0v) is 16.6. The summed E-state index contributed by atoms with van der Waals surface area (Å²) in [6, 6.07) is 0. The van der Waals surface area contributed by atoms with E-state index in [1.807, 2.05) is 26.0 Å². The molecule has 0 bridgehead atoms. The molecular formula is C21H36N2O2. The Balaban J connectivity index is 0.00000151. The van der Waals surface area contributed by atoms with E-state index < -0.39 is 5.97 Å². The maximum Gasteiger partial charge on any atom is 0.335 e. The first-order valence-electron chi connectivity index (χ1n) is 9.83. The number of piperazine rings is 1. The van der Waals surface area contributed by atoms with Crippen molar-refractivity contribution < 1.29 is 9.90 Å². The quantitative estimate of drug-likeness (QED) is 0.703. The molecule has 0 aromatic rings. The molecule has 0 amide bonds. The lowest BCUT2D eigenvalue weighted by molar-refractivity contribution is -0.132. The number of carboxylic acid groups (broad SMARTS) is 1. The van der Waals surface area contributed by atoms with Gasteiger partial charge in [-0.25, -0.2) is 4.79 Å². The number of allylic oxidation sites excluding steroid dienone is 2. The van der Waals surface area contributed by atoms with Crippen molar-refractivity contribution in [2.45, 2.75) is 52.9 Å². The van der Waals surface area contributed by atoms with E-state index in [9.17, 15) is 9.90 Å². The van der Waals surface area contributed by atoms with Gasteiger partial charge in [-0.1, -0.05) is 51.3 Å². The predicted octanol–water partition coefficient (Wildman–Crippen LogP) is 4.11. The Labute approximate surface area is 153 Å². The van der Waals surface area contributed by atoms with Crippen LogP contribution in [0.3, 0.4) is 0 Å². The first-order valence-corrected chi connectivity index (χ1v) is 9.83. The highest BCUT2D eigenvalue weighted by Crippen LogP contribution is 2.24. The summed E-state index contributed by atoms with van der Waals surface area (Å²) in [7, 11) is 2.17. The molecule has 0 radical (unpaired) electrons. The largest absolute Gasteiger partial charge is 0.478 e. The molecular weight excluding hydrogens is 312 g/mol. The van der Waals surface area contributed by atoms with Crippen molar-refractivity contribution >= 4 is 5.97 Å². The number of hydrogen-bond acceptors (Lipinski definition) is 3. The minimum Gasteiger partial charge on any atom is -0.478 e. The molecule has 1 aliphatic carbocycles. The number of carbonyl (C=O) groups is 1. The fraction of sp³-hybridized carbons (Fsp3) is 0.667. The van der Waals surface area contributed by atoms with Crippen LogP contribution in [0.5, 0.6) is 0 Å². The van der Waals surface area contributed by atoms with E-state index in [-0.39, 0.29) is 0 Å². The number of likely N-dealkylation sites (N-methyl/N-ethyl adjacent to an activating group) is 1. The van der Waals surface area contributed by atoms with Gasteiger partial charge in [-0.15, -0.1) is 0 Å². The van der Waals surface area contributed by atoms with Crippen LogP contribution in [0.25, 0.3) is 0 Å². The van der Waals surface area contributed by atoms with Gasteiger partial charge in [0.15, 0.2) is 0 Å². The average molecular weight is 349 g/mol. The van der Waals surface area contributed by atoms with Gasteiger partial charge in [0.05, 0.1) is 5.57 Å². The van der Waals surface area contributed by atoms with E-state index in [4.69, 9.17) is 0 Å². The second kappa shape index (κ2) is 12.0. The summed E-state index contributed by atoms with van der Waals surface area (Å²) in [5, 5.41) is 9.25. The Morgan fingerprint density at radius 3 is 2.40 bits per heavy atom. The normalized spacial score (nSPS) is 19.1. The van der Waals surface area contributed by atoms with Crippen LogP contribution in [0.15, 0.2) is 34.9 Å². The van der Waals surface area contributed by atoms with Crippen LogP contribution in [-0.4, -0.2) is 60.6 Å². The van der Waals surface area contributed by atoms with Crippen molar-refractivity contribution in [3.8, 4) is 0 Å². The first kappa shape index (κ1) is 21.7. The second-order valence-corrected chi connectivity index (χ2v) is 6.67. The predicted molar refractivity (Wildman–Crippen MR) is 106 cm³/mol. The van der Waals surface area contributed by atoms with E-state index in [1.54, 1.807) is 6.08 Å². The summed E-state index contributed by atoms with van der Waals surface area (Å²) < 4.78 is 0. The molecule has 0 aromatic carbocycles. The van der Waals surface area contributed by atoms with Crippen LogP contribution in [-0.2, 0) is 4.79 Å². The maximum atomic E-state index is 11.3. The number of carboxylic acids is 1. The number of nitrogens with zero attached hydrogens (tertiary/aromatic N) is 2. The van der Waals surface area contributed by atoms with E-state index in [2.05, 4.69) is 23.8 Å². The van der Waals surface area contributed by atoms with Gasteiger partial charge in [0.25, 0.3) is 0 Å². The standard InChI is InChI=1S/C19H30N2O2.C2H6/c1-3-4-5-6-16-7-8-17(19(22)23)9-10-18(16)15-21-13-11-20(2)12-14-21;1-2/h8-10H,3-7,11-15H2,1-2H3,(H,22,23);1-2H3. The molecule has 0 spiro atoms. The Morgan fingerprint density at radius 2 is 1.80 bits per heavy atom. The highest BCUT2D eigenvalue weighted by atomic mass is 16.4. The van der Waals surface area contributed by atoms with Gasteiger partial charge in [0, 0.05) is 32.7 Å². The van der Waals surface area contributed by atoms with Gasteiger partial charge in [0.1, 0.15) is 0 Å². The third-order valence-corrected chi connectivity index (χ3v) is 4.81. The van der Waals surface area contributed by atoms with Crippen LogP contribution in [0.1, 0.15) is 52.9 Å². The number of unbranched alkanes of at least 4 members (excludes halogenated alkanes) is 2. The minimum absolute atomic E-state index is 0.423. The van der Waals surface area contributed by atoms with Gasteiger partial charge < -0.3 is 10.0 Å². The second-order valence-electron chi connectivity index (χ2n) is 6.67. The lowest BCUT2D eigenvalue weighted by atomic mass is 9.98. The van der Waals surface area contributed by atoms with E-state index in [0.717, 1.165) is 45.6 Å². The SMILES string of the molecule is CC.CCCCCC1=C(CN2CCN(C)CC2)C=CC(C(=O)O)=CC1. The highest BCUT2D eigenvalue weighted by molar-refractivity contribution is 5.90. The summed E-state index contributed by atoms with van der Waals surface area (Å²) in [5.74, 6) is -0.824. The lowest BCUT2D eigenvalue weighted by Gasteiger charge is -2.33. The van der Waals surface area contributed by atoms with Crippen LogP contribution in [0.4, 0.5) is 0 Å². The molecule has 1 heterocycles. The zero-order chi connectivity index (χ0) is 18.7. The summed E-state index contributed by atoms with van der Waals surface area (Å²) in [6.07, 6.45) is 11.2. The van der Waals surface area contributed by atoms with E-state index >= 15 is 0 Å². The minimum atomic E-state index is -0.824. The molecule has 0 unspecified atom stereocenters. The molecule has 0 aromatic heterocycles. The molecule has 2 aliphatic rings. The number of aliphatic carboxylic acids is 1. The van der Waals surface area contributed by atoms with Crippen molar-refractivity contribution in [1.82, 2.24) is 9.80 Å². The van der Waals surface area contributed by atoms with E-state index in [0.29, 0.717) is 5.57 Å². The summed E-state index contributed by atoms with van der Waals surface area (Å²) in [6.45, 7) is 11.6. The van der Waals surface area contributed by atoms with Gasteiger partial charge >= 0.3 is 5.97 Å². The lowest BCUT2D eigenvalue weighted by Crippen LogP contribution is -2.45. The van der Waals surface area contributed by atoms with Crippen LogP contribution >= 0.6 is 0 Å². The Kier molecular flexibility index (Phi) is 10.4. The maximum absolute atomic E-state index is 11.3. The molecule has 142 valence electrons. The summed E-state index contributed by atoms with van der Waals surface area (Å²) in [5.41, 5.74) is 3.18. The third-order valence-electron chi connectivity index (χ3n) is 4.81. The van der Waals surface area contributed by atoms with Crippen molar-refractivity contribution in [1.29, 1.82) is 0 Å². The third kappa shape index (κ3) is 7.57. The van der Waals surface area contributed by atoms with Gasteiger partial charge in [-0.2, -0.15) is 0 Å². The average Bonchev–Trinajstić information content (AvgIpc) is 2.82.